The molecule has 2 heterocycles. The third kappa shape index (κ3) is 3.55. The van der Waals surface area contributed by atoms with Gasteiger partial charge in [0.2, 0.25) is 0 Å². The fourth-order valence-corrected chi connectivity index (χ4v) is 2.54. The Kier molecular flexibility index (Phi) is 4.11. The van der Waals surface area contributed by atoms with Crippen LogP contribution in [0.5, 0.6) is 0 Å². The van der Waals surface area contributed by atoms with Gasteiger partial charge in [0.25, 0.3) is 0 Å². The van der Waals surface area contributed by atoms with Gasteiger partial charge < -0.3 is 10.1 Å². The molecule has 84 valence electrons. The van der Waals surface area contributed by atoms with E-state index in [2.05, 4.69) is 22.6 Å². The lowest BCUT2D eigenvalue weighted by Gasteiger charge is -2.27. The molecule has 1 aliphatic heterocycles. The van der Waals surface area contributed by atoms with Crippen LogP contribution in [-0.2, 0) is 11.2 Å². The Balaban J connectivity index is 1.65. The maximum Gasteiger partial charge on any atom is 0.0794 e. The number of thiazole rings is 1. The van der Waals surface area contributed by atoms with Crippen LogP contribution >= 0.6 is 11.3 Å². The van der Waals surface area contributed by atoms with Crippen molar-refractivity contribution in [1.29, 1.82) is 0 Å². The maximum absolute atomic E-state index is 5.51. The first-order chi connectivity index (χ1) is 7.34. The molecule has 3 nitrogen and oxygen atoms in total. The predicted octanol–water partition coefficient (Wildman–Crippen LogP) is 1.84. The monoisotopic (exact) mass is 226 g/mol. The van der Waals surface area contributed by atoms with Crippen molar-refractivity contribution in [2.45, 2.75) is 38.3 Å². The lowest BCUT2D eigenvalue weighted by Crippen LogP contribution is -2.38. The van der Waals surface area contributed by atoms with E-state index < -0.39 is 0 Å². The number of nitrogens with zero attached hydrogens (tertiary/aromatic N) is 1. The summed E-state index contributed by atoms with van der Waals surface area (Å²) in [5, 5.41) is 5.69. The molecule has 1 aromatic heterocycles. The predicted molar refractivity (Wildman–Crippen MR) is 62.3 cm³/mol. The van der Waals surface area contributed by atoms with Crippen molar-refractivity contribution >= 4 is 11.3 Å². The molecule has 2 unspecified atom stereocenters. The van der Waals surface area contributed by atoms with E-state index in [9.17, 15) is 0 Å². The average molecular weight is 226 g/mol. The smallest absolute Gasteiger partial charge is 0.0794 e. The standard InChI is InChI=1S/C11H18N2OS/c1-9-6-10(3-5-14-9)12-4-2-11-7-15-8-13-11/h7-10,12H,2-6H2,1H3. The third-order valence-electron chi connectivity index (χ3n) is 2.78. The van der Waals surface area contributed by atoms with Crippen LogP contribution in [0.25, 0.3) is 0 Å². The molecule has 1 saturated heterocycles. The van der Waals surface area contributed by atoms with E-state index in [0.29, 0.717) is 12.1 Å². The molecule has 0 amide bonds. The molecule has 1 fully saturated rings. The molecule has 1 aromatic rings. The Morgan fingerprint density at radius 3 is 3.33 bits per heavy atom. The highest BCUT2D eigenvalue weighted by molar-refractivity contribution is 7.07. The van der Waals surface area contributed by atoms with Crippen molar-refractivity contribution < 1.29 is 4.74 Å². The van der Waals surface area contributed by atoms with Gasteiger partial charge in [-0.3, -0.25) is 0 Å². The number of hydrogen-bond acceptors (Lipinski definition) is 4. The number of nitrogens with one attached hydrogen (secondary N) is 1. The van der Waals surface area contributed by atoms with E-state index >= 15 is 0 Å². The quantitative estimate of drug-likeness (QED) is 0.850. The van der Waals surface area contributed by atoms with Gasteiger partial charge in [-0.25, -0.2) is 4.98 Å². The molecule has 0 saturated carbocycles. The van der Waals surface area contributed by atoms with Crippen LogP contribution in [0.3, 0.4) is 0 Å². The van der Waals surface area contributed by atoms with Crippen LogP contribution in [0.15, 0.2) is 10.9 Å². The summed E-state index contributed by atoms with van der Waals surface area (Å²) >= 11 is 1.67. The zero-order chi connectivity index (χ0) is 10.5. The Morgan fingerprint density at radius 2 is 2.60 bits per heavy atom. The van der Waals surface area contributed by atoms with Crippen molar-refractivity contribution in [3.63, 3.8) is 0 Å². The average Bonchev–Trinajstić information content (AvgIpc) is 2.71. The zero-order valence-electron chi connectivity index (χ0n) is 9.11. The number of aromatic nitrogens is 1. The topological polar surface area (TPSA) is 34.2 Å². The van der Waals surface area contributed by atoms with Crippen LogP contribution in [0.1, 0.15) is 25.5 Å². The summed E-state index contributed by atoms with van der Waals surface area (Å²) in [6.07, 6.45) is 3.73. The number of rotatable bonds is 4. The van der Waals surface area contributed by atoms with Crippen molar-refractivity contribution in [1.82, 2.24) is 10.3 Å². The van der Waals surface area contributed by atoms with Gasteiger partial charge in [0.05, 0.1) is 17.3 Å². The van der Waals surface area contributed by atoms with Gasteiger partial charge in [0, 0.05) is 31.0 Å². The van der Waals surface area contributed by atoms with E-state index in [1.54, 1.807) is 11.3 Å². The van der Waals surface area contributed by atoms with Crippen LogP contribution in [0.2, 0.25) is 0 Å². The van der Waals surface area contributed by atoms with Crippen LogP contribution in [-0.4, -0.2) is 30.3 Å². The summed E-state index contributed by atoms with van der Waals surface area (Å²) in [7, 11) is 0. The summed E-state index contributed by atoms with van der Waals surface area (Å²) in [6, 6.07) is 0.632. The van der Waals surface area contributed by atoms with Gasteiger partial charge in [0.15, 0.2) is 0 Å². The van der Waals surface area contributed by atoms with Gasteiger partial charge in [-0.1, -0.05) is 0 Å². The van der Waals surface area contributed by atoms with E-state index in [1.807, 2.05) is 5.51 Å². The van der Waals surface area contributed by atoms with Gasteiger partial charge in [-0.2, -0.15) is 0 Å². The minimum absolute atomic E-state index is 0.413. The molecule has 0 spiro atoms. The molecular formula is C11H18N2OS. The summed E-state index contributed by atoms with van der Waals surface area (Å²) < 4.78 is 5.51. The van der Waals surface area contributed by atoms with E-state index in [0.717, 1.165) is 32.4 Å². The van der Waals surface area contributed by atoms with Crippen molar-refractivity contribution in [2.24, 2.45) is 0 Å². The Bertz CT molecular complexity index is 276. The zero-order valence-corrected chi connectivity index (χ0v) is 9.93. The summed E-state index contributed by atoms with van der Waals surface area (Å²) in [5.74, 6) is 0. The third-order valence-corrected chi connectivity index (χ3v) is 3.42. The Hall–Kier alpha value is -0.450. The fraction of sp³-hybridized carbons (Fsp3) is 0.727. The van der Waals surface area contributed by atoms with E-state index in [-0.39, 0.29) is 0 Å². The first kappa shape index (κ1) is 11.0. The lowest BCUT2D eigenvalue weighted by atomic mass is 10.0. The van der Waals surface area contributed by atoms with Gasteiger partial charge >= 0.3 is 0 Å². The minimum atomic E-state index is 0.413. The first-order valence-corrected chi connectivity index (χ1v) is 6.51. The second kappa shape index (κ2) is 5.58. The van der Waals surface area contributed by atoms with Crippen LogP contribution in [0, 0.1) is 0 Å². The molecule has 2 rings (SSSR count). The van der Waals surface area contributed by atoms with E-state index in [1.165, 1.54) is 5.69 Å². The second-order valence-corrected chi connectivity index (χ2v) is 4.81. The normalized spacial score (nSPS) is 26.7. The highest BCUT2D eigenvalue weighted by Gasteiger charge is 2.18. The Labute approximate surface area is 94.9 Å². The van der Waals surface area contributed by atoms with Crippen LogP contribution < -0.4 is 5.32 Å². The van der Waals surface area contributed by atoms with Crippen molar-refractivity contribution in [3.05, 3.63) is 16.6 Å². The van der Waals surface area contributed by atoms with Crippen molar-refractivity contribution in [2.75, 3.05) is 13.2 Å². The lowest BCUT2D eigenvalue weighted by molar-refractivity contribution is 0.0135. The molecule has 0 radical (unpaired) electrons. The second-order valence-electron chi connectivity index (χ2n) is 4.09. The summed E-state index contributed by atoms with van der Waals surface area (Å²) in [4.78, 5) is 4.27. The first-order valence-electron chi connectivity index (χ1n) is 5.56. The highest BCUT2D eigenvalue weighted by Crippen LogP contribution is 2.13. The largest absolute Gasteiger partial charge is 0.378 e. The fourth-order valence-electron chi connectivity index (χ4n) is 1.95. The molecule has 1 N–H and O–H groups in total. The summed E-state index contributed by atoms with van der Waals surface area (Å²) in [6.45, 7) is 4.07. The number of ether oxygens (including phenoxy) is 1. The van der Waals surface area contributed by atoms with Crippen LogP contribution in [0.4, 0.5) is 0 Å². The molecule has 4 heteroatoms. The maximum atomic E-state index is 5.51. The molecular weight excluding hydrogens is 208 g/mol. The van der Waals surface area contributed by atoms with Gasteiger partial charge in [-0.15, -0.1) is 11.3 Å². The molecule has 15 heavy (non-hydrogen) atoms. The van der Waals surface area contributed by atoms with Gasteiger partial charge in [-0.05, 0) is 19.8 Å². The molecule has 1 aliphatic rings. The minimum Gasteiger partial charge on any atom is -0.378 e. The van der Waals surface area contributed by atoms with Crippen molar-refractivity contribution in [3.8, 4) is 0 Å². The molecule has 0 aromatic carbocycles. The highest BCUT2D eigenvalue weighted by atomic mass is 32.1. The van der Waals surface area contributed by atoms with E-state index in [4.69, 9.17) is 4.74 Å². The molecule has 2 atom stereocenters. The number of hydrogen-bond donors (Lipinski definition) is 1. The molecule has 0 aliphatic carbocycles. The van der Waals surface area contributed by atoms with Gasteiger partial charge in [0.1, 0.15) is 0 Å². The SMILES string of the molecule is CC1CC(NCCc2cscn2)CCO1. The Morgan fingerprint density at radius 1 is 1.67 bits per heavy atom. The summed E-state index contributed by atoms with van der Waals surface area (Å²) in [5.41, 5.74) is 3.10. The molecule has 0 bridgehead atoms.